The van der Waals surface area contributed by atoms with E-state index in [4.69, 9.17) is 15.2 Å². The van der Waals surface area contributed by atoms with E-state index in [1.165, 1.54) is 0 Å². The molecule has 0 unspecified atom stereocenters. The number of ether oxygens (including phenoxy) is 2. The summed E-state index contributed by atoms with van der Waals surface area (Å²) in [5, 5.41) is 9.28. The van der Waals surface area contributed by atoms with E-state index < -0.39 is 0 Å². The van der Waals surface area contributed by atoms with Crippen molar-refractivity contribution in [3.8, 4) is 11.5 Å². The first-order valence-corrected chi connectivity index (χ1v) is 7.82. The molecule has 0 bridgehead atoms. The second-order valence-corrected chi connectivity index (χ2v) is 5.99. The van der Waals surface area contributed by atoms with Crippen LogP contribution in [-0.2, 0) is 12.3 Å². The monoisotopic (exact) mass is 306 g/mol. The van der Waals surface area contributed by atoms with Crippen LogP contribution in [0.1, 0.15) is 31.3 Å². The molecule has 0 radical (unpaired) electrons. The first kappa shape index (κ1) is 14.2. The molecule has 0 spiro atoms. The van der Waals surface area contributed by atoms with E-state index in [0.717, 1.165) is 33.8 Å². The average molecular weight is 306 g/mol. The minimum Gasteiger partial charge on any atom is -0.454 e. The maximum absolute atomic E-state index is 5.71. The van der Waals surface area contributed by atoms with Crippen molar-refractivity contribution in [1.82, 2.24) is 14.8 Å². The molecule has 0 aliphatic carbocycles. The zero-order valence-electron chi connectivity index (χ0n) is 12.1. The molecule has 0 amide bonds. The Bertz CT molecular complexity index is 642. The Morgan fingerprint density at radius 1 is 1.29 bits per heavy atom. The largest absolute Gasteiger partial charge is 0.454 e. The van der Waals surface area contributed by atoms with E-state index in [1.54, 1.807) is 11.8 Å². The average Bonchev–Trinajstić information content (AvgIpc) is 3.10. The van der Waals surface area contributed by atoms with Crippen molar-refractivity contribution < 1.29 is 9.47 Å². The van der Waals surface area contributed by atoms with Gasteiger partial charge in [-0.2, -0.15) is 0 Å². The van der Waals surface area contributed by atoms with Crippen LogP contribution in [-0.4, -0.2) is 21.6 Å². The lowest BCUT2D eigenvalue weighted by atomic mass is 10.2. The van der Waals surface area contributed by atoms with Gasteiger partial charge in [0.1, 0.15) is 5.82 Å². The molecule has 0 fully saturated rings. The zero-order chi connectivity index (χ0) is 14.8. The summed E-state index contributed by atoms with van der Waals surface area (Å²) in [6.45, 7) is 4.91. The van der Waals surface area contributed by atoms with Crippen molar-refractivity contribution in [2.75, 3.05) is 6.79 Å². The molecule has 1 aliphatic heterocycles. The third kappa shape index (κ3) is 2.84. The molecule has 3 rings (SSSR count). The van der Waals surface area contributed by atoms with Crippen LogP contribution in [0.4, 0.5) is 0 Å². The van der Waals surface area contributed by atoms with Gasteiger partial charge in [-0.3, -0.25) is 0 Å². The van der Waals surface area contributed by atoms with Crippen molar-refractivity contribution in [2.45, 2.75) is 37.3 Å². The Kier molecular flexibility index (Phi) is 4.03. The second-order valence-electron chi connectivity index (χ2n) is 5.04. The third-order valence-corrected chi connectivity index (χ3v) is 4.25. The molecule has 1 aliphatic rings. The topological polar surface area (TPSA) is 75.2 Å². The predicted octanol–water partition coefficient (Wildman–Crippen LogP) is 2.34. The van der Waals surface area contributed by atoms with Crippen molar-refractivity contribution in [1.29, 1.82) is 0 Å². The molecule has 1 aromatic heterocycles. The Morgan fingerprint density at radius 3 is 2.86 bits per heavy atom. The summed E-state index contributed by atoms with van der Waals surface area (Å²) >= 11 is 1.65. The van der Waals surface area contributed by atoms with Crippen LogP contribution in [0.15, 0.2) is 23.4 Å². The summed E-state index contributed by atoms with van der Waals surface area (Å²) in [6.07, 6.45) is 0. The maximum atomic E-state index is 5.71. The van der Waals surface area contributed by atoms with Gasteiger partial charge in [-0.15, -0.1) is 10.2 Å². The number of thioether (sulfide) groups is 1. The predicted molar refractivity (Wildman–Crippen MR) is 80.4 cm³/mol. The number of fused-ring (bicyclic) bond motifs is 1. The number of nitrogens with zero attached hydrogens (tertiary/aromatic N) is 3. The van der Waals surface area contributed by atoms with E-state index in [-0.39, 0.29) is 6.04 Å². The van der Waals surface area contributed by atoms with Gasteiger partial charge in [-0.25, -0.2) is 0 Å². The van der Waals surface area contributed by atoms with Crippen molar-refractivity contribution in [3.63, 3.8) is 0 Å². The molecule has 21 heavy (non-hydrogen) atoms. The molecular weight excluding hydrogens is 288 g/mol. The fourth-order valence-corrected chi connectivity index (χ4v) is 3.27. The molecule has 0 saturated carbocycles. The summed E-state index contributed by atoms with van der Waals surface area (Å²) in [4.78, 5) is 0. The summed E-state index contributed by atoms with van der Waals surface area (Å²) in [6, 6.07) is 6.28. The molecule has 2 N–H and O–H groups in total. The fraction of sp³-hybridized carbons (Fsp3) is 0.429. The Labute approximate surface area is 127 Å². The quantitative estimate of drug-likeness (QED) is 0.855. The summed E-state index contributed by atoms with van der Waals surface area (Å²) in [5.74, 6) is 3.23. The molecule has 2 heterocycles. The molecule has 0 saturated heterocycles. The Morgan fingerprint density at radius 2 is 2.10 bits per heavy atom. The van der Waals surface area contributed by atoms with E-state index in [1.807, 2.05) is 18.2 Å². The number of hydrogen-bond donors (Lipinski definition) is 1. The molecule has 0 atom stereocenters. The van der Waals surface area contributed by atoms with Crippen LogP contribution < -0.4 is 15.2 Å². The highest BCUT2D eigenvalue weighted by Gasteiger charge is 2.16. The zero-order valence-corrected chi connectivity index (χ0v) is 12.9. The Hall–Kier alpha value is -1.73. The van der Waals surface area contributed by atoms with Crippen LogP contribution >= 0.6 is 11.8 Å². The van der Waals surface area contributed by atoms with Crippen LogP contribution in [0.5, 0.6) is 11.5 Å². The lowest BCUT2D eigenvalue weighted by Crippen LogP contribution is -2.11. The van der Waals surface area contributed by atoms with Crippen LogP contribution in [0.3, 0.4) is 0 Å². The van der Waals surface area contributed by atoms with E-state index in [9.17, 15) is 0 Å². The van der Waals surface area contributed by atoms with E-state index >= 15 is 0 Å². The highest BCUT2D eigenvalue weighted by molar-refractivity contribution is 7.98. The van der Waals surface area contributed by atoms with Crippen molar-refractivity contribution in [2.24, 2.45) is 5.73 Å². The summed E-state index contributed by atoms with van der Waals surface area (Å²) in [7, 11) is 0. The Balaban J connectivity index is 1.74. The van der Waals surface area contributed by atoms with Gasteiger partial charge in [0.25, 0.3) is 0 Å². The lowest BCUT2D eigenvalue weighted by molar-refractivity contribution is 0.174. The van der Waals surface area contributed by atoms with Crippen molar-refractivity contribution in [3.05, 3.63) is 29.6 Å². The molecule has 7 heteroatoms. The van der Waals surface area contributed by atoms with Crippen LogP contribution in [0.25, 0.3) is 0 Å². The highest BCUT2D eigenvalue weighted by atomic mass is 32.2. The highest BCUT2D eigenvalue weighted by Crippen LogP contribution is 2.34. The van der Waals surface area contributed by atoms with Gasteiger partial charge in [0.15, 0.2) is 16.7 Å². The first-order valence-electron chi connectivity index (χ1n) is 6.84. The van der Waals surface area contributed by atoms with Gasteiger partial charge in [-0.1, -0.05) is 17.8 Å². The molecule has 2 aromatic rings. The molecule has 112 valence electrons. The molecule has 1 aromatic carbocycles. The molecule has 6 nitrogen and oxygen atoms in total. The number of nitrogens with two attached hydrogens (primary N) is 1. The van der Waals surface area contributed by atoms with Crippen LogP contribution in [0.2, 0.25) is 0 Å². The number of hydrogen-bond acceptors (Lipinski definition) is 6. The minimum atomic E-state index is 0.290. The summed E-state index contributed by atoms with van der Waals surface area (Å²) in [5.41, 5.74) is 6.87. The maximum Gasteiger partial charge on any atom is 0.231 e. The van der Waals surface area contributed by atoms with Gasteiger partial charge in [0.05, 0.1) is 6.54 Å². The standard InChI is InChI=1S/C14H18N4O2S/c1-9(2)18-13(6-15)16-17-14(18)21-7-10-3-4-11-12(5-10)20-8-19-11/h3-5,9H,6-8,15H2,1-2H3. The van der Waals surface area contributed by atoms with Gasteiger partial charge in [0.2, 0.25) is 6.79 Å². The minimum absolute atomic E-state index is 0.290. The second kappa shape index (κ2) is 5.95. The van der Waals surface area contributed by atoms with Gasteiger partial charge in [-0.05, 0) is 31.5 Å². The summed E-state index contributed by atoms with van der Waals surface area (Å²) < 4.78 is 12.8. The van der Waals surface area contributed by atoms with E-state index in [0.29, 0.717) is 13.3 Å². The number of aromatic nitrogens is 3. The first-order chi connectivity index (χ1) is 10.2. The smallest absolute Gasteiger partial charge is 0.231 e. The third-order valence-electron chi connectivity index (χ3n) is 3.24. The van der Waals surface area contributed by atoms with Crippen molar-refractivity contribution >= 4 is 11.8 Å². The number of rotatable bonds is 5. The van der Waals surface area contributed by atoms with Gasteiger partial charge >= 0.3 is 0 Å². The number of benzene rings is 1. The van der Waals surface area contributed by atoms with Gasteiger partial charge < -0.3 is 19.8 Å². The fourth-order valence-electron chi connectivity index (χ4n) is 2.24. The SMILES string of the molecule is CC(C)n1c(CN)nnc1SCc1ccc2c(c1)OCO2. The molecular formula is C14H18N4O2S. The normalized spacial score (nSPS) is 13.1. The van der Waals surface area contributed by atoms with Crippen LogP contribution in [0, 0.1) is 0 Å². The van der Waals surface area contributed by atoms with Gasteiger partial charge in [0, 0.05) is 11.8 Å². The van der Waals surface area contributed by atoms with E-state index in [2.05, 4.69) is 28.6 Å². The lowest BCUT2D eigenvalue weighted by Gasteiger charge is -2.12.